The summed E-state index contributed by atoms with van der Waals surface area (Å²) in [5, 5.41) is 3.20. The predicted molar refractivity (Wildman–Crippen MR) is 79.3 cm³/mol. The zero-order valence-electron chi connectivity index (χ0n) is 11.7. The van der Waals surface area contributed by atoms with E-state index in [4.69, 9.17) is 4.74 Å². The number of hydrogen-bond acceptors (Lipinski definition) is 3. The number of carbonyl (C=O) groups is 1. The van der Waals surface area contributed by atoms with Crippen LogP contribution in [0.3, 0.4) is 0 Å². The summed E-state index contributed by atoms with van der Waals surface area (Å²) in [6.45, 7) is 0.862. The average Bonchev–Trinajstić information content (AvgIpc) is 2.46. The summed E-state index contributed by atoms with van der Waals surface area (Å²) in [5.74, 6) is -0.305. The number of hydrogen-bond donors (Lipinski definition) is 1. The minimum Gasteiger partial charge on any atom is -0.494 e. The van der Waals surface area contributed by atoms with Crippen molar-refractivity contribution < 1.29 is 13.9 Å². The Kier molecular flexibility index (Phi) is 6.23. The Morgan fingerprint density at radius 2 is 2.20 bits per heavy atom. The fourth-order valence-corrected chi connectivity index (χ4v) is 2.29. The summed E-state index contributed by atoms with van der Waals surface area (Å²) in [6.07, 6.45) is 2.99. The van der Waals surface area contributed by atoms with Gasteiger partial charge in [-0.15, -0.1) is 12.4 Å². The molecular formula is C14H20ClFN2O2. The summed E-state index contributed by atoms with van der Waals surface area (Å²) >= 11 is 0. The van der Waals surface area contributed by atoms with E-state index in [1.165, 1.54) is 24.1 Å². The van der Waals surface area contributed by atoms with Crippen LogP contribution in [-0.4, -0.2) is 32.7 Å². The first kappa shape index (κ1) is 16.7. The third-order valence-electron chi connectivity index (χ3n) is 3.46. The molecule has 0 bridgehead atoms. The largest absolute Gasteiger partial charge is 0.494 e. The Hall–Kier alpha value is -1.33. The molecule has 6 heteroatoms. The van der Waals surface area contributed by atoms with Crippen LogP contribution in [0, 0.1) is 5.82 Å². The van der Waals surface area contributed by atoms with E-state index >= 15 is 0 Å². The molecule has 1 heterocycles. The quantitative estimate of drug-likeness (QED) is 0.932. The van der Waals surface area contributed by atoms with Crippen molar-refractivity contribution >= 4 is 24.0 Å². The summed E-state index contributed by atoms with van der Waals surface area (Å²) in [5.41, 5.74) is 0.538. The average molecular weight is 303 g/mol. The van der Waals surface area contributed by atoms with Crippen molar-refractivity contribution in [3.8, 4) is 5.75 Å². The van der Waals surface area contributed by atoms with Crippen LogP contribution in [0.5, 0.6) is 5.75 Å². The van der Waals surface area contributed by atoms with Gasteiger partial charge >= 0.3 is 0 Å². The number of amides is 1. The third-order valence-corrected chi connectivity index (χ3v) is 3.46. The van der Waals surface area contributed by atoms with Gasteiger partial charge in [-0.1, -0.05) is 6.42 Å². The lowest BCUT2D eigenvalue weighted by atomic mass is 10.0. The standard InChI is InChI=1S/C14H19FN2O2.ClH/c1-17(14(18)12-5-3-4-8-16-12)10-6-7-13(19-2)11(15)9-10;/h6-7,9,12,16H,3-5,8H2,1-2H3;1H. The van der Waals surface area contributed by atoms with E-state index in [1.807, 2.05) is 0 Å². The Balaban J connectivity index is 0.00000200. The van der Waals surface area contributed by atoms with Gasteiger partial charge in [-0.05, 0) is 31.5 Å². The molecule has 1 amide bonds. The van der Waals surface area contributed by atoms with Crippen molar-refractivity contribution in [2.75, 3.05) is 25.6 Å². The molecule has 0 spiro atoms. The Labute approximate surface area is 124 Å². The number of ether oxygens (including phenoxy) is 1. The molecule has 20 heavy (non-hydrogen) atoms. The molecule has 1 fully saturated rings. The van der Waals surface area contributed by atoms with Crippen molar-refractivity contribution in [3.63, 3.8) is 0 Å². The van der Waals surface area contributed by atoms with Crippen LogP contribution in [-0.2, 0) is 4.79 Å². The number of carbonyl (C=O) groups excluding carboxylic acids is 1. The highest BCUT2D eigenvalue weighted by molar-refractivity contribution is 5.96. The van der Waals surface area contributed by atoms with Gasteiger partial charge in [0, 0.05) is 18.8 Å². The number of halogens is 2. The van der Waals surface area contributed by atoms with Crippen LogP contribution in [0.1, 0.15) is 19.3 Å². The summed E-state index contributed by atoms with van der Waals surface area (Å²) in [7, 11) is 3.08. The van der Waals surface area contributed by atoms with E-state index in [0.717, 1.165) is 25.8 Å². The second-order valence-corrected chi connectivity index (χ2v) is 4.72. The van der Waals surface area contributed by atoms with Crippen molar-refractivity contribution in [2.24, 2.45) is 0 Å². The van der Waals surface area contributed by atoms with E-state index in [-0.39, 0.29) is 30.1 Å². The number of nitrogens with one attached hydrogen (secondary N) is 1. The summed E-state index contributed by atoms with van der Waals surface area (Å²) < 4.78 is 18.5. The maximum Gasteiger partial charge on any atom is 0.243 e. The molecule has 4 nitrogen and oxygen atoms in total. The monoisotopic (exact) mass is 302 g/mol. The molecule has 1 atom stereocenters. The second-order valence-electron chi connectivity index (χ2n) is 4.72. The number of piperidine rings is 1. The van der Waals surface area contributed by atoms with Gasteiger partial charge in [-0.25, -0.2) is 4.39 Å². The number of methoxy groups -OCH3 is 1. The second kappa shape index (κ2) is 7.45. The van der Waals surface area contributed by atoms with Gasteiger partial charge in [0.15, 0.2) is 11.6 Å². The highest BCUT2D eigenvalue weighted by atomic mass is 35.5. The molecule has 0 aliphatic carbocycles. The first-order valence-electron chi connectivity index (χ1n) is 6.48. The molecule has 1 unspecified atom stereocenters. The Morgan fingerprint density at radius 3 is 2.75 bits per heavy atom. The maximum atomic E-state index is 13.6. The Bertz CT molecular complexity index is 464. The zero-order chi connectivity index (χ0) is 13.8. The molecule has 0 saturated carbocycles. The van der Waals surface area contributed by atoms with Gasteiger partial charge in [0.2, 0.25) is 5.91 Å². The molecule has 1 aliphatic rings. The van der Waals surface area contributed by atoms with E-state index in [0.29, 0.717) is 5.69 Å². The Morgan fingerprint density at radius 1 is 1.45 bits per heavy atom. The van der Waals surface area contributed by atoms with Crippen molar-refractivity contribution in [1.29, 1.82) is 0 Å². The lowest BCUT2D eigenvalue weighted by molar-refractivity contribution is -0.120. The molecule has 0 aromatic heterocycles. The smallest absolute Gasteiger partial charge is 0.243 e. The number of rotatable bonds is 3. The van der Waals surface area contributed by atoms with Gasteiger partial charge in [-0.3, -0.25) is 4.79 Å². The van der Waals surface area contributed by atoms with Crippen molar-refractivity contribution in [2.45, 2.75) is 25.3 Å². The summed E-state index contributed by atoms with van der Waals surface area (Å²) in [6, 6.07) is 4.37. The van der Waals surface area contributed by atoms with Crippen molar-refractivity contribution in [3.05, 3.63) is 24.0 Å². The molecule has 1 aromatic rings. The predicted octanol–water partition coefficient (Wildman–Crippen LogP) is 2.36. The third kappa shape index (κ3) is 3.61. The van der Waals surface area contributed by atoms with Gasteiger partial charge in [0.25, 0.3) is 0 Å². The molecule has 1 N–H and O–H groups in total. The van der Waals surface area contributed by atoms with Crippen LogP contribution in [0.25, 0.3) is 0 Å². The highest BCUT2D eigenvalue weighted by Crippen LogP contribution is 2.23. The van der Waals surface area contributed by atoms with Gasteiger partial charge in [0.1, 0.15) is 0 Å². The lowest BCUT2D eigenvalue weighted by Gasteiger charge is -2.27. The first-order valence-corrected chi connectivity index (χ1v) is 6.48. The van der Waals surface area contributed by atoms with Crippen LogP contribution >= 0.6 is 12.4 Å². The van der Waals surface area contributed by atoms with Crippen LogP contribution < -0.4 is 15.0 Å². The van der Waals surface area contributed by atoms with E-state index in [9.17, 15) is 9.18 Å². The van der Waals surface area contributed by atoms with E-state index in [2.05, 4.69) is 5.32 Å². The molecule has 0 radical (unpaired) electrons. The number of benzene rings is 1. The maximum absolute atomic E-state index is 13.6. The molecule has 1 aliphatic heterocycles. The fraction of sp³-hybridized carbons (Fsp3) is 0.500. The molecule has 112 valence electrons. The zero-order valence-corrected chi connectivity index (χ0v) is 12.5. The van der Waals surface area contributed by atoms with Gasteiger partial charge < -0.3 is 15.0 Å². The van der Waals surface area contributed by atoms with Crippen LogP contribution in [0.15, 0.2) is 18.2 Å². The van der Waals surface area contributed by atoms with Crippen molar-refractivity contribution in [1.82, 2.24) is 5.32 Å². The van der Waals surface area contributed by atoms with E-state index < -0.39 is 5.82 Å². The molecule has 1 aromatic carbocycles. The fourth-order valence-electron chi connectivity index (χ4n) is 2.29. The topological polar surface area (TPSA) is 41.6 Å². The number of anilines is 1. The lowest BCUT2D eigenvalue weighted by Crippen LogP contribution is -2.47. The first-order chi connectivity index (χ1) is 9.13. The number of likely N-dealkylation sites (N-methyl/N-ethyl adjacent to an activating group) is 1. The van der Waals surface area contributed by atoms with Crippen LogP contribution in [0.2, 0.25) is 0 Å². The van der Waals surface area contributed by atoms with Crippen LogP contribution in [0.4, 0.5) is 10.1 Å². The highest BCUT2D eigenvalue weighted by Gasteiger charge is 2.24. The summed E-state index contributed by atoms with van der Waals surface area (Å²) in [4.78, 5) is 13.8. The van der Waals surface area contributed by atoms with E-state index in [1.54, 1.807) is 13.1 Å². The molecule has 1 saturated heterocycles. The molecular weight excluding hydrogens is 283 g/mol. The normalized spacial score (nSPS) is 18.1. The van der Waals surface area contributed by atoms with Gasteiger partial charge in [0.05, 0.1) is 13.2 Å². The molecule has 2 rings (SSSR count). The SMILES string of the molecule is COc1ccc(N(C)C(=O)C2CCCCN2)cc1F.Cl. The minimum atomic E-state index is -0.462. The number of nitrogens with zero attached hydrogens (tertiary/aromatic N) is 1. The van der Waals surface area contributed by atoms with Gasteiger partial charge in [-0.2, -0.15) is 0 Å². The minimum absolute atomic E-state index is 0.